The summed E-state index contributed by atoms with van der Waals surface area (Å²) in [6.07, 6.45) is 8.38. The first-order chi connectivity index (χ1) is 9.63. The lowest BCUT2D eigenvalue weighted by molar-refractivity contribution is 0.508. The molecule has 0 spiro atoms. The van der Waals surface area contributed by atoms with Crippen molar-refractivity contribution < 1.29 is 0 Å². The van der Waals surface area contributed by atoms with Crippen molar-refractivity contribution in [2.75, 3.05) is 0 Å². The van der Waals surface area contributed by atoms with Gasteiger partial charge in [-0.3, -0.25) is 0 Å². The third-order valence-corrected chi connectivity index (χ3v) is 2.62. The molecule has 0 atom stereocenters. The Morgan fingerprint density at radius 1 is 1.40 bits per heavy atom. The number of benzene rings is 1. The number of hydrogen-bond acceptors (Lipinski definition) is 3. The first-order valence-corrected chi connectivity index (χ1v) is 5.98. The van der Waals surface area contributed by atoms with Gasteiger partial charge in [0.2, 0.25) is 0 Å². The van der Waals surface area contributed by atoms with Gasteiger partial charge in [-0.1, -0.05) is 12.5 Å². The van der Waals surface area contributed by atoms with Gasteiger partial charge in [0.05, 0.1) is 5.69 Å². The number of allylic oxidation sites excluding steroid dienone is 1. The molecule has 20 heavy (non-hydrogen) atoms. The molecule has 3 N–H and O–H groups in total. The molecule has 1 aliphatic rings. The Balaban J connectivity index is 2.40. The maximum absolute atomic E-state index is 5.35. The molecule has 5 heteroatoms. The van der Waals surface area contributed by atoms with Gasteiger partial charge >= 0.3 is 0 Å². The molecule has 0 unspecified atom stereocenters. The van der Waals surface area contributed by atoms with Crippen LogP contribution in [0.1, 0.15) is 12.5 Å². The molecule has 0 radical (unpaired) electrons. The van der Waals surface area contributed by atoms with Crippen molar-refractivity contribution in [3.63, 3.8) is 0 Å². The van der Waals surface area contributed by atoms with Gasteiger partial charge in [-0.05, 0) is 31.2 Å². The minimum absolute atomic E-state index is 0.589. The van der Waals surface area contributed by atoms with Crippen molar-refractivity contribution >= 4 is 17.9 Å². The van der Waals surface area contributed by atoms with Crippen LogP contribution in [0.25, 0.3) is 0 Å². The van der Waals surface area contributed by atoms with E-state index in [0.717, 1.165) is 16.9 Å². The lowest BCUT2D eigenvalue weighted by atomic mass is 10.2. The Hall–Kier alpha value is -3.00. The van der Waals surface area contributed by atoms with E-state index in [9.17, 15) is 0 Å². The molecule has 0 aliphatic carbocycles. The van der Waals surface area contributed by atoms with Crippen molar-refractivity contribution in [3.05, 3.63) is 54.0 Å². The highest BCUT2D eigenvalue weighted by Crippen LogP contribution is 2.18. The Morgan fingerprint density at radius 2 is 2.10 bits per heavy atom. The molecule has 2 rings (SSSR count). The maximum Gasteiger partial charge on any atom is 0.158 e. The molecule has 0 bridgehead atoms. The fourth-order valence-electron chi connectivity index (χ4n) is 1.75. The van der Waals surface area contributed by atoms with Gasteiger partial charge in [-0.15, -0.1) is 6.42 Å². The van der Waals surface area contributed by atoms with Crippen LogP contribution in [-0.4, -0.2) is 17.2 Å². The van der Waals surface area contributed by atoms with E-state index in [1.165, 1.54) is 11.3 Å². The van der Waals surface area contributed by atoms with E-state index in [1.807, 2.05) is 37.3 Å². The summed E-state index contributed by atoms with van der Waals surface area (Å²) in [5, 5.41) is 8.62. The standard InChI is InChI=1S/C15H15N5/c1-4-13-5-7-14(8-6-13)19-15-9-11(2)18-12(3)20(15)17-10-16/h1,5-10,18H,3H2,2H3,(H2,16,17). The lowest BCUT2D eigenvalue weighted by Gasteiger charge is -2.26. The molecule has 0 aromatic heterocycles. The van der Waals surface area contributed by atoms with Crippen LogP contribution in [0.2, 0.25) is 0 Å². The predicted octanol–water partition coefficient (Wildman–Crippen LogP) is 1.88. The zero-order chi connectivity index (χ0) is 14.5. The first kappa shape index (κ1) is 13.4. The number of nitrogens with two attached hydrogens (primary N) is 1. The topological polar surface area (TPSA) is 66.0 Å². The first-order valence-electron chi connectivity index (χ1n) is 5.98. The number of terminal acetylenes is 1. The Kier molecular flexibility index (Phi) is 3.87. The molecule has 1 heterocycles. The van der Waals surface area contributed by atoms with E-state index in [4.69, 9.17) is 12.2 Å². The van der Waals surface area contributed by atoms with E-state index >= 15 is 0 Å². The molecule has 1 aliphatic heterocycles. The monoisotopic (exact) mass is 265 g/mol. The Labute approximate surface area is 118 Å². The van der Waals surface area contributed by atoms with Crippen molar-refractivity contribution in [2.24, 2.45) is 15.8 Å². The van der Waals surface area contributed by atoms with E-state index < -0.39 is 0 Å². The zero-order valence-electron chi connectivity index (χ0n) is 11.2. The molecule has 0 fully saturated rings. The summed E-state index contributed by atoms with van der Waals surface area (Å²) >= 11 is 0. The summed E-state index contributed by atoms with van der Waals surface area (Å²) in [5.74, 6) is 3.78. The van der Waals surface area contributed by atoms with Crippen LogP contribution in [0, 0.1) is 12.3 Å². The summed E-state index contributed by atoms with van der Waals surface area (Å²) in [4.78, 5) is 4.52. The van der Waals surface area contributed by atoms with Crippen LogP contribution in [0.15, 0.2) is 58.5 Å². The molecule has 5 nitrogen and oxygen atoms in total. The minimum Gasteiger partial charge on any atom is -0.388 e. The van der Waals surface area contributed by atoms with Crippen LogP contribution in [0.4, 0.5) is 5.69 Å². The Morgan fingerprint density at radius 3 is 2.70 bits per heavy atom. The van der Waals surface area contributed by atoms with E-state index in [1.54, 1.807) is 0 Å². The van der Waals surface area contributed by atoms with E-state index in [0.29, 0.717) is 11.7 Å². The second-order valence-corrected chi connectivity index (χ2v) is 4.14. The van der Waals surface area contributed by atoms with Gasteiger partial charge < -0.3 is 11.1 Å². The van der Waals surface area contributed by atoms with Gasteiger partial charge in [-0.2, -0.15) is 10.1 Å². The largest absolute Gasteiger partial charge is 0.388 e. The second-order valence-electron chi connectivity index (χ2n) is 4.14. The van der Waals surface area contributed by atoms with E-state index in [2.05, 4.69) is 27.9 Å². The third kappa shape index (κ3) is 2.87. The summed E-state index contributed by atoms with van der Waals surface area (Å²) in [7, 11) is 0. The van der Waals surface area contributed by atoms with Crippen molar-refractivity contribution in [1.29, 1.82) is 0 Å². The molecule has 1 aromatic carbocycles. The Bertz CT molecular complexity index is 644. The molecule has 100 valence electrons. The van der Waals surface area contributed by atoms with Gasteiger partial charge in [0.25, 0.3) is 0 Å². The number of nitrogens with zero attached hydrogens (tertiary/aromatic N) is 3. The van der Waals surface area contributed by atoms with Crippen LogP contribution < -0.4 is 11.1 Å². The number of hydrogen-bond donors (Lipinski definition) is 2. The van der Waals surface area contributed by atoms with Crippen molar-refractivity contribution in [3.8, 4) is 12.3 Å². The fourth-order valence-corrected chi connectivity index (χ4v) is 1.75. The van der Waals surface area contributed by atoms with Gasteiger partial charge in [-0.25, -0.2) is 4.99 Å². The molecule has 0 saturated heterocycles. The fraction of sp³-hybridized carbons (Fsp3) is 0.0667. The van der Waals surface area contributed by atoms with Gasteiger partial charge in [0, 0.05) is 17.3 Å². The highest BCUT2D eigenvalue weighted by molar-refractivity contribution is 5.97. The van der Waals surface area contributed by atoms with Crippen LogP contribution in [0.3, 0.4) is 0 Å². The number of rotatable bonds is 2. The number of hydrazone groups is 1. The second kappa shape index (κ2) is 5.76. The number of aliphatic imine (C=N–C) groups is 1. The lowest BCUT2D eigenvalue weighted by Crippen LogP contribution is -2.35. The van der Waals surface area contributed by atoms with Gasteiger partial charge in [0.1, 0.15) is 12.2 Å². The number of amidine groups is 1. The predicted molar refractivity (Wildman–Crippen MR) is 82.0 cm³/mol. The molecule has 1 aromatic rings. The molecule has 0 saturated carbocycles. The SMILES string of the molecule is C#Cc1ccc(N=C2C=C(C)NC(=C)N2/N=C\N)cc1. The third-order valence-electron chi connectivity index (χ3n) is 2.62. The summed E-state index contributed by atoms with van der Waals surface area (Å²) < 4.78 is 0. The molecular weight excluding hydrogens is 250 g/mol. The smallest absolute Gasteiger partial charge is 0.158 e. The number of nitrogens with one attached hydrogen (secondary N) is 1. The molecule has 0 amide bonds. The summed E-state index contributed by atoms with van der Waals surface area (Å²) in [6.45, 7) is 5.80. The van der Waals surface area contributed by atoms with Crippen LogP contribution in [-0.2, 0) is 0 Å². The average molecular weight is 265 g/mol. The zero-order valence-corrected chi connectivity index (χ0v) is 11.2. The minimum atomic E-state index is 0.589. The van der Waals surface area contributed by atoms with Crippen molar-refractivity contribution in [2.45, 2.75) is 6.92 Å². The summed E-state index contributed by atoms with van der Waals surface area (Å²) in [6, 6.07) is 7.37. The normalized spacial score (nSPS) is 17.0. The van der Waals surface area contributed by atoms with Crippen molar-refractivity contribution in [1.82, 2.24) is 10.3 Å². The quantitative estimate of drug-likeness (QED) is 0.487. The summed E-state index contributed by atoms with van der Waals surface area (Å²) in [5.41, 5.74) is 7.86. The van der Waals surface area contributed by atoms with Gasteiger partial charge in [0.15, 0.2) is 5.84 Å². The average Bonchev–Trinajstić information content (AvgIpc) is 2.43. The highest BCUT2D eigenvalue weighted by atomic mass is 15.5. The van der Waals surface area contributed by atoms with Crippen LogP contribution in [0.5, 0.6) is 0 Å². The van der Waals surface area contributed by atoms with Crippen LogP contribution >= 0.6 is 0 Å². The van der Waals surface area contributed by atoms with E-state index in [-0.39, 0.29) is 0 Å². The highest BCUT2D eigenvalue weighted by Gasteiger charge is 2.17. The maximum atomic E-state index is 5.35. The molecular formula is C15H15N5.